The lowest BCUT2D eigenvalue weighted by molar-refractivity contribution is -0.137. The molecule has 3 amide bonds. The van der Waals surface area contributed by atoms with Crippen molar-refractivity contribution in [2.45, 2.75) is 75.3 Å². The molecule has 1 saturated heterocycles. The Morgan fingerprint density at radius 3 is 2.67 bits per heavy atom. The van der Waals surface area contributed by atoms with E-state index in [2.05, 4.69) is 14.0 Å². The van der Waals surface area contributed by atoms with Crippen molar-refractivity contribution in [3.05, 3.63) is 64.7 Å². The van der Waals surface area contributed by atoms with E-state index >= 15 is 0 Å². The number of hydrogen-bond acceptors (Lipinski definition) is 8. The summed E-state index contributed by atoms with van der Waals surface area (Å²) >= 11 is 6.36. The van der Waals surface area contributed by atoms with E-state index in [0.29, 0.717) is 35.5 Å². The number of halogens is 1. The number of aliphatic hydroxyl groups is 1. The predicted octanol–water partition coefficient (Wildman–Crippen LogP) is 5.12. The van der Waals surface area contributed by atoms with Gasteiger partial charge in [-0.3, -0.25) is 4.79 Å². The highest BCUT2D eigenvalue weighted by Crippen LogP contribution is 2.42. The number of ether oxygens (including phenoxy) is 3. The lowest BCUT2D eigenvalue weighted by Gasteiger charge is -2.43. The van der Waals surface area contributed by atoms with Crippen LogP contribution in [0.4, 0.5) is 10.5 Å². The summed E-state index contributed by atoms with van der Waals surface area (Å²) in [4.78, 5) is 30.7. The monoisotopic (exact) mass is 700 g/mol. The van der Waals surface area contributed by atoms with Gasteiger partial charge in [-0.1, -0.05) is 29.8 Å². The topological polar surface area (TPSA) is 130 Å². The number of aliphatic hydroxyl groups excluding tert-OH is 1. The Morgan fingerprint density at radius 2 is 1.94 bits per heavy atom. The van der Waals surface area contributed by atoms with Gasteiger partial charge in [0.25, 0.3) is 5.91 Å². The van der Waals surface area contributed by atoms with Crippen LogP contribution in [0.3, 0.4) is 0 Å². The molecule has 3 heterocycles. The Morgan fingerprint density at radius 1 is 1.12 bits per heavy atom. The van der Waals surface area contributed by atoms with Gasteiger partial charge >= 0.3 is 6.03 Å². The van der Waals surface area contributed by atoms with Gasteiger partial charge in [-0.15, -0.1) is 4.36 Å². The maximum atomic E-state index is 14.8. The number of β-amino-alcohol motifs (C(OH)–C–C–N with tert-alkyl or cyclic N) is 1. The van der Waals surface area contributed by atoms with E-state index in [1.54, 1.807) is 39.2 Å². The van der Waals surface area contributed by atoms with Gasteiger partial charge in [-0.2, -0.15) is 0 Å². The van der Waals surface area contributed by atoms with E-state index in [0.717, 1.165) is 49.8 Å². The highest BCUT2D eigenvalue weighted by Gasteiger charge is 2.39. The van der Waals surface area contributed by atoms with Crippen molar-refractivity contribution < 1.29 is 33.1 Å². The number of rotatable bonds is 2. The molecule has 1 saturated carbocycles. The second-order valence-electron chi connectivity index (χ2n) is 13.6. The number of hydrogen-bond donors (Lipinski definition) is 2. The minimum Gasteiger partial charge on any atom is -0.487 e. The van der Waals surface area contributed by atoms with Crippen LogP contribution in [0.15, 0.2) is 57.8 Å². The van der Waals surface area contributed by atoms with Crippen molar-refractivity contribution in [2.24, 2.45) is 16.2 Å². The van der Waals surface area contributed by atoms with Crippen LogP contribution in [0, 0.1) is 11.8 Å². The number of fused-ring (bicyclic) bond motifs is 3. The van der Waals surface area contributed by atoms with Gasteiger partial charge in [-0.05, 0) is 99.2 Å². The lowest BCUT2D eigenvalue weighted by Crippen LogP contribution is -2.57. The fraction of sp³-hybridized carbons (Fsp3) is 0.543. The number of anilines is 1. The third-order valence-corrected chi connectivity index (χ3v) is 11.9. The van der Waals surface area contributed by atoms with E-state index in [9.17, 15) is 18.9 Å². The van der Waals surface area contributed by atoms with Crippen LogP contribution in [0.25, 0.3) is 0 Å². The molecule has 0 spiro atoms. The zero-order valence-corrected chi connectivity index (χ0v) is 29.3. The molecule has 4 aliphatic rings. The number of amides is 3. The van der Waals surface area contributed by atoms with Crippen LogP contribution in [0.1, 0.15) is 50.7 Å². The second kappa shape index (κ2) is 14.4. The molecule has 2 fully saturated rings. The summed E-state index contributed by atoms with van der Waals surface area (Å²) in [5.74, 6) is 0.432. The van der Waals surface area contributed by atoms with Gasteiger partial charge in [0.2, 0.25) is 0 Å². The highest BCUT2D eigenvalue weighted by atomic mass is 35.5. The number of benzene rings is 2. The van der Waals surface area contributed by atoms with Crippen LogP contribution in [-0.4, -0.2) is 83.9 Å². The highest BCUT2D eigenvalue weighted by molar-refractivity contribution is 7.92. The number of methoxy groups -OCH3 is 1. The summed E-state index contributed by atoms with van der Waals surface area (Å²) < 4.78 is 39.9. The quantitative estimate of drug-likeness (QED) is 0.413. The summed E-state index contributed by atoms with van der Waals surface area (Å²) in [6.45, 7) is 5.19. The number of nitrogens with zero attached hydrogens (tertiary/aromatic N) is 3. The van der Waals surface area contributed by atoms with Crippen molar-refractivity contribution in [1.82, 2.24) is 9.62 Å². The maximum Gasteiger partial charge on any atom is 0.330 e. The van der Waals surface area contributed by atoms with Gasteiger partial charge < -0.3 is 29.1 Å². The fourth-order valence-corrected chi connectivity index (χ4v) is 8.50. The predicted molar refractivity (Wildman–Crippen MR) is 184 cm³/mol. The summed E-state index contributed by atoms with van der Waals surface area (Å²) in [7, 11) is -2.14. The number of carbonyl (C=O) groups is 2. The molecular formula is C35H45ClN4O7S. The minimum absolute atomic E-state index is 0.0970. The zero-order valence-electron chi connectivity index (χ0n) is 27.7. The maximum absolute atomic E-state index is 14.8. The van der Waals surface area contributed by atoms with Crippen molar-refractivity contribution in [1.29, 1.82) is 0 Å². The number of aryl methyl sites for hydroxylation is 1. The number of carbonyl (C=O) groups excluding carboxylic acids is 2. The molecule has 0 aromatic heterocycles. The molecule has 11 nitrogen and oxygen atoms in total. The first-order valence-corrected chi connectivity index (χ1v) is 18.5. The van der Waals surface area contributed by atoms with E-state index in [1.165, 1.54) is 4.90 Å². The molecule has 6 rings (SSSR count). The molecule has 4 atom stereocenters. The fourth-order valence-electron chi connectivity index (χ4n) is 6.70. The van der Waals surface area contributed by atoms with Gasteiger partial charge in [0.05, 0.1) is 42.5 Å². The van der Waals surface area contributed by atoms with Crippen LogP contribution in [0.2, 0.25) is 5.02 Å². The average molecular weight is 701 g/mol. The SMILES string of the molecule is CO[C@H]1/C=C/COC(C)(C)C(=O)N=[S@@](=O)(NC(=O)N2CC(O)C2)c2ccc3c(c2)N(CCCCc2cc(Cl)ccc2CO3)C[C@@H]2CC[C@H]21. The van der Waals surface area contributed by atoms with E-state index < -0.39 is 33.6 Å². The molecule has 13 heteroatoms. The molecular weight excluding hydrogens is 656 g/mol. The Balaban J connectivity index is 1.46. The Hall–Kier alpha value is -3.16. The van der Waals surface area contributed by atoms with Crippen LogP contribution in [-0.2, 0) is 37.2 Å². The summed E-state index contributed by atoms with van der Waals surface area (Å²) in [6.07, 6.45) is 7.83. The molecule has 3 aliphatic heterocycles. The minimum atomic E-state index is -3.86. The number of nitrogens with one attached hydrogen (secondary N) is 1. The Bertz CT molecular complexity index is 1680. The first kappa shape index (κ1) is 34.7. The van der Waals surface area contributed by atoms with Crippen molar-refractivity contribution in [3.63, 3.8) is 0 Å². The van der Waals surface area contributed by atoms with Gasteiger partial charge in [-0.25, -0.2) is 13.7 Å². The molecule has 2 bridgehead atoms. The number of likely N-dealkylation sites (tertiary alicyclic amines) is 1. The Kier molecular flexibility index (Phi) is 10.4. The molecule has 0 unspecified atom stereocenters. The normalized spacial score (nSPS) is 28.6. The molecule has 48 heavy (non-hydrogen) atoms. The average Bonchev–Trinajstić information content (AvgIpc) is 3.05. The van der Waals surface area contributed by atoms with E-state index in [4.69, 9.17) is 25.8 Å². The van der Waals surface area contributed by atoms with Crippen molar-refractivity contribution in [3.8, 4) is 5.75 Å². The van der Waals surface area contributed by atoms with Gasteiger partial charge in [0.1, 0.15) is 18.0 Å². The lowest BCUT2D eigenvalue weighted by atomic mass is 9.70. The van der Waals surface area contributed by atoms with Crippen molar-refractivity contribution in [2.75, 3.05) is 44.8 Å². The first-order valence-electron chi connectivity index (χ1n) is 16.6. The molecule has 260 valence electrons. The zero-order chi connectivity index (χ0) is 34.1. The molecule has 2 aromatic rings. The third-order valence-electron chi connectivity index (χ3n) is 9.86. The van der Waals surface area contributed by atoms with Gasteiger partial charge in [0.15, 0.2) is 9.92 Å². The molecule has 0 radical (unpaired) electrons. The summed E-state index contributed by atoms with van der Waals surface area (Å²) in [5, 5.41) is 10.5. The van der Waals surface area contributed by atoms with Crippen LogP contribution >= 0.6 is 11.6 Å². The third kappa shape index (κ3) is 7.52. The van der Waals surface area contributed by atoms with Gasteiger partial charge in [0, 0.05) is 25.2 Å². The number of urea groups is 1. The van der Waals surface area contributed by atoms with Crippen LogP contribution in [0.5, 0.6) is 5.75 Å². The standard InChI is InChI=1S/C35H45ClN4O7S/c1-35(2)33(42)37-48(44,38-34(43)40-20-27(41)21-40)28-12-14-32-30(18-28)39(19-24-10-13-29(24)31(45-3)8-6-16-47-35)15-5-4-7-23-17-26(36)11-9-25(23)22-46-32/h6,8-9,11-12,14,17-18,24,27,29,31,41H,4-5,7,10,13,15-16,19-22H2,1-3H3,(H,37,38,42,43,44)/b8-6+/t24-,29+,31-,48+/m0/s1. The molecule has 2 aromatic carbocycles. The van der Waals surface area contributed by atoms with Crippen LogP contribution < -0.4 is 14.4 Å². The van der Waals surface area contributed by atoms with Crippen molar-refractivity contribution >= 4 is 39.1 Å². The second-order valence-corrected chi connectivity index (χ2v) is 15.9. The molecule has 1 aliphatic carbocycles. The molecule has 2 N–H and O–H groups in total. The summed E-state index contributed by atoms with van der Waals surface area (Å²) in [5.41, 5.74) is 1.47. The summed E-state index contributed by atoms with van der Waals surface area (Å²) in [6, 6.07) is 10.3. The Labute approximate surface area is 287 Å². The van der Waals surface area contributed by atoms with E-state index in [-0.39, 0.29) is 36.6 Å². The van der Waals surface area contributed by atoms with E-state index in [1.807, 2.05) is 30.4 Å². The first-order chi connectivity index (χ1) is 23.0. The smallest absolute Gasteiger partial charge is 0.330 e. The largest absolute Gasteiger partial charge is 0.487 e.